The maximum absolute atomic E-state index is 12.4. The van der Waals surface area contributed by atoms with E-state index in [2.05, 4.69) is 6.92 Å². The number of hydrogen-bond donors (Lipinski definition) is 0. The molecule has 0 unspecified atom stereocenters. The maximum Gasteiger partial charge on any atom is 0.252 e. The molecule has 1 saturated heterocycles. The van der Waals surface area contributed by atoms with Gasteiger partial charge in [0, 0.05) is 32.1 Å². The van der Waals surface area contributed by atoms with Crippen molar-refractivity contribution in [2.75, 3.05) is 26.2 Å². The van der Waals surface area contributed by atoms with Crippen LogP contribution in [0.4, 0.5) is 0 Å². The number of rotatable bonds is 3. The third-order valence-corrected chi connectivity index (χ3v) is 7.34. The van der Waals surface area contributed by atoms with Gasteiger partial charge in [-0.1, -0.05) is 13.0 Å². The highest BCUT2D eigenvalue weighted by Crippen LogP contribution is 2.39. The van der Waals surface area contributed by atoms with Gasteiger partial charge in [0.25, 0.3) is 10.0 Å². The molecule has 1 saturated carbocycles. The molecule has 0 radical (unpaired) electrons. The number of carbonyl (C=O) groups is 1. The van der Waals surface area contributed by atoms with Crippen LogP contribution < -0.4 is 0 Å². The average Bonchev–Trinajstić information content (AvgIpc) is 2.95. The van der Waals surface area contributed by atoms with E-state index in [0.29, 0.717) is 36.3 Å². The summed E-state index contributed by atoms with van der Waals surface area (Å²) in [6, 6.07) is 3.37. The minimum absolute atomic E-state index is 0.176. The van der Waals surface area contributed by atoms with Gasteiger partial charge in [-0.05, 0) is 23.8 Å². The molecule has 2 heterocycles. The Morgan fingerprint density at radius 1 is 1.30 bits per heavy atom. The topological polar surface area (TPSA) is 57.7 Å². The van der Waals surface area contributed by atoms with Gasteiger partial charge in [-0.25, -0.2) is 8.42 Å². The number of amides is 1. The van der Waals surface area contributed by atoms with Crippen molar-refractivity contribution in [3.8, 4) is 0 Å². The summed E-state index contributed by atoms with van der Waals surface area (Å²) in [6.45, 7) is 3.89. The summed E-state index contributed by atoms with van der Waals surface area (Å²) >= 11 is 1.24. The van der Waals surface area contributed by atoms with Gasteiger partial charge in [-0.2, -0.15) is 4.31 Å². The Morgan fingerprint density at radius 3 is 2.45 bits per heavy atom. The van der Waals surface area contributed by atoms with Gasteiger partial charge in [0.15, 0.2) is 0 Å². The second kappa shape index (κ2) is 5.13. The normalized spacial score (nSPS) is 27.6. The van der Waals surface area contributed by atoms with Crippen LogP contribution in [0.25, 0.3) is 0 Å². The lowest BCUT2D eigenvalue weighted by molar-refractivity contribution is -0.134. The van der Waals surface area contributed by atoms with Crippen molar-refractivity contribution in [1.29, 1.82) is 0 Å². The Labute approximate surface area is 123 Å². The van der Waals surface area contributed by atoms with Gasteiger partial charge in [-0.3, -0.25) is 4.79 Å². The molecule has 0 N–H and O–H groups in total. The second-order valence-corrected chi connectivity index (χ2v) is 8.59. The lowest BCUT2D eigenvalue weighted by Gasteiger charge is -2.33. The van der Waals surface area contributed by atoms with Crippen molar-refractivity contribution < 1.29 is 13.2 Å². The zero-order valence-electron chi connectivity index (χ0n) is 11.4. The molecule has 1 aliphatic heterocycles. The van der Waals surface area contributed by atoms with Crippen molar-refractivity contribution in [1.82, 2.24) is 9.21 Å². The predicted octanol–water partition coefficient (Wildman–Crippen LogP) is 1.24. The summed E-state index contributed by atoms with van der Waals surface area (Å²) in [7, 11) is -3.37. The number of thiophene rings is 1. The lowest BCUT2D eigenvalue weighted by Crippen LogP contribution is -2.50. The molecule has 1 aromatic rings. The van der Waals surface area contributed by atoms with Crippen molar-refractivity contribution in [2.24, 2.45) is 11.8 Å². The molecular weight excluding hydrogens is 296 g/mol. The zero-order chi connectivity index (χ0) is 14.3. The molecular formula is C13H18N2O3S2. The largest absolute Gasteiger partial charge is 0.340 e. The molecule has 2 aliphatic rings. The molecule has 1 aliphatic carbocycles. The highest BCUT2D eigenvalue weighted by molar-refractivity contribution is 7.91. The molecule has 2 atom stereocenters. The van der Waals surface area contributed by atoms with Crippen LogP contribution in [-0.4, -0.2) is 49.7 Å². The molecule has 1 amide bonds. The molecule has 2 fully saturated rings. The van der Waals surface area contributed by atoms with Crippen molar-refractivity contribution in [3.05, 3.63) is 17.5 Å². The molecule has 20 heavy (non-hydrogen) atoms. The van der Waals surface area contributed by atoms with Gasteiger partial charge in [0.1, 0.15) is 4.21 Å². The Hall–Kier alpha value is -0.920. The fourth-order valence-electron chi connectivity index (χ4n) is 2.59. The fourth-order valence-corrected chi connectivity index (χ4v) is 5.15. The maximum atomic E-state index is 12.4. The van der Waals surface area contributed by atoms with Crippen molar-refractivity contribution in [2.45, 2.75) is 17.6 Å². The van der Waals surface area contributed by atoms with Crippen LogP contribution in [-0.2, 0) is 14.8 Å². The summed E-state index contributed by atoms with van der Waals surface area (Å²) in [5, 5.41) is 1.77. The number of carbonyl (C=O) groups excluding carboxylic acids is 1. The van der Waals surface area contributed by atoms with Gasteiger partial charge in [-0.15, -0.1) is 11.3 Å². The monoisotopic (exact) mass is 314 g/mol. The van der Waals surface area contributed by atoms with E-state index in [1.807, 2.05) is 4.90 Å². The van der Waals surface area contributed by atoms with Gasteiger partial charge in [0.05, 0.1) is 0 Å². The smallest absolute Gasteiger partial charge is 0.252 e. The Kier molecular flexibility index (Phi) is 3.60. The molecule has 5 nitrogen and oxygen atoms in total. The highest BCUT2D eigenvalue weighted by atomic mass is 32.2. The zero-order valence-corrected chi connectivity index (χ0v) is 13.0. The quantitative estimate of drug-likeness (QED) is 0.843. The summed E-state index contributed by atoms with van der Waals surface area (Å²) < 4.78 is 26.6. The van der Waals surface area contributed by atoms with Gasteiger partial charge >= 0.3 is 0 Å². The number of piperazine rings is 1. The molecule has 0 spiro atoms. The van der Waals surface area contributed by atoms with Gasteiger partial charge < -0.3 is 4.90 Å². The lowest BCUT2D eigenvalue weighted by atomic mass is 10.2. The molecule has 0 aromatic carbocycles. The van der Waals surface area contributed by atoms with Crippen molar-refractivity contribution >= 4 is 27.3 Å². The van der Waals surface area contributed by atoms with E-state index in [1.165, 1.54) is 15.6 Å². The first-order valence-corrected chi connectivity index (χ1v) is 9.14. The number of hydrogen-bond acceptors (Lipinski definition) is 4. The number of nitrogens with zero attached hydrogens (tertiary/aromatic N) is 2. The Balaban J connectivity index is 1.63. The second-order valence-electron chi connectivity index (χ2n) is 5.48. The third-order valence-electron chi connectivity index (χ3n) is 4.07. The summed E-state index contributed by atoms with van der Waals surface area (Å²) in [5.41, 5.74) is 0. The van der Waals surface area contributed by atoms with E-state index in [-0.39, 0.29) is 11.8 Å². The first kappa shape index (κ1) is 14.0. The summed E-state index contributed by atoms with van der Waals surface area (Å²) in [4.78, 5) is 13.9. The van der Waals surface area contributed by atoms with E-state index in [9.17, 15) is 13.2 Å². The third kappa shape index (κ3) is 2.49. The fraction of sp³-hybridized carbons (Fsp3) is 0.615. The van der Waals surface area contributed by atoms with E-state index in [0.717, 1.165) is 6.42 Å². The van der Waals surface area contributed by atoms with E-state index in [4.69, 9.17) is 0 Å². The van der Waals surface area contributed by atoms with Crippen molar-refractivity contribution in [3.63, 3.8) is 0 Å². The standard InChI is InChI=1S/C13H18N2O3S2/c1-10-9-11(10)13(16)14-4-6-15(7-5-14)20(17,18)12-3-2-8-19-12/h2-3,8,10-11H,4-7,9H2,1H3/t10-,11-/m1/s1. The summed E-state index contributed by atoms with van der Waals surface area (Å²) in [5.74, 6) is 0.872. The Morgan fingerprint density at radius 2 is 1.95 bits per heavy atom. The van der Waals surface area contributed by atoms with Crippen LogP contribution in [0.2, 0.25) is 0 Å². The van der Waals surface area contributed by atoms with Crippen LogP contribution in [0.15, 0.2) is 21.7 Å². The minimum atomic E-state index is -3.37. The first-order chi connectivity index (χ1) is 9.50. The van der Waals surface area contributed by atoms with E-state index in [1.54, 1.807) is 17.5 Å². The predicted molar refractivity (Wildman–Crippen MR) is 76.9 cm³/mol. The first-order valence-electron chi connectivity index (χ1n) is 6.82. The van der Waals surface area contributed by atoms with E-state index >= 15 is 0 Å². The van der Waals surface area contributed by atoms with Gasteiger partial charge in [0.2, 0.25) is 5.91 Å². The summed E-state index contributed by atoms with van der Waals surface area (Å²) in [6.07, 6.45) is 0.979. The molecule has 110 valence electrons. The van der Waals surface area contributed by atoms with Crippen LogP contribution in [0.3, 0.4) is 0 Å². The van der Waals surface area contributed by atoms with Crippen LogP contribution >= 0.6 is 11.3 Å². The Bertz CT molecular complexity index is 589. The minimum Gasteiger partial charge on any atom is -0.340 e. The molecule has 3 rings (SSSR count). The number of sulfonamides is 1. The SMILES string of the molecule is C[C@@H]1C[C@H]1C(=O)N1CCN(S(=O)(=O)c2cccs2)CC1. The average molecular weight is 314 g/mol. The molecule has 0 bridgehead atoms. The molecule has 1 aromatic heterocycles. The molecule has 7 heteroatoms. The van der Waals surface area contributed by atoms with E-state index < -0.39 is 10.0 Å². The highest BCUT2D eigenvalue weighted by Gasteiger charge is 2.42. The van der Waals surface area contributed by atoms with Crippen LogP contribution in [0, 0.1) is 11.8 Å². The van der Waals surface area contributed by atoms with Crippen LogP contribution in [0.5, 0.6) is 0 Å². The van der Waals surface area contributed by atoms with Crippen LogP contribution in [0.1, 0.15) is 13.3 Å².